The number of halogens is 2. The number of hydrogen-bond acceptors (Lipinski definition) is 3. The molecule has 1 saturated heterocycles. The molecule has 1 aliphatic rings. The van der Waals surface area contributed by atoms with Gasteiger partial charge in [-0.1, -0.05) is 29.8 Å². The van der Waals surface area contributed by atoms with E-state index in [-0.39, 0.29) is 10.7 Å². The van der Waals surface area contributed by atoms with E-state index in [1.165, 1.54) is 6.07 Å². The zero-order chi connectivity index (χ0) is 19.0. The average Bonchev–Trinajstić information content (AvgIpc) is 3.20. The molecule has 4 rings (SSSR count). The van der Waals surface area contributed by atoms with Crippen molar-refractivity contribution >= 4 is 46.3 Å². The van der Waals surface area contributed by atoms with E-state index in [2.05, 4.69) is 0 Å². The third kappa shape index (κ3) is 3.29. The van der Waals surface area contributed by atoms with Gasteiger partial charge in [-0.3, -0.25) is 9.59 Å². The van der Waals surface area contributed by atoms with Gasteiger partial charge in [-0.05, 0) is 60.3 Å². The van der Waals surface area contributed by atoms with Crippen LogP contribution in [0.4, 0.5) is 14.9 Å². The molecule has 27 heavy (non-hydrogen) atoms. The molecule has 2 heterocycles. The van der Waals surface area contributed by atoms with Gasteiger partial charge in [0, 0.05) is 16.9 Å². The number of carbonyl (C=O) groups is 2. The van der Waals surface area contributed by atoms with E-state index in [0.717, 1.165) is 16.7 Å². The molecule has 0 aliphatic carbocycles. The van der Waals surface area contributed by atoms with Crippen molar-refractivity contribution in [2.75, 3.05) is 4.90 Å². The molecular formula is C20H12ClFN2O2S. The summed E-state index contributed by atoms with van der Waals surface area (Å²) in [6.07, 6.45) is 3.29. The first-order valence-electron chi connectivity index (χ1n) is 8.00. The predicted octanol–water partition coefficient (Wildman–Crippen LogP) is 5.51. The normalized spacial score (nSPS) is 15.8. The highest BCUT2D eigenvalue weighted by atomic mass is 35.5. The van der Waals surface area contributed by atoms with Crippen molar-refractivity contribution in [3.05, 3.63) is 88.3 Å². The lowest BCUT2D eigenvalue weighted by atomic mass is 10.2. The summed E-state index contributed by atoms with van der Waals surface area (Å²) in [7, 11) is 0. The van der Waals surface area contributed by atoms with Crippen LogP contribution < -0.4 is 4.90 Å². The zero-order valence-electron chi connectivity index (χ0n) is 13.8. The largest absolute Gasteiger partial charge is 0.314 e. The highest BCUT2D eigenvalue weighted by molar-refractivity contribution is 8.19. The van der Waals surface area contributed by atoms with Crippen LogP contribution >= 0.6 is 23.4 Å². The molecule has 0 atom stereocenters. The number of carbonyl (C=O) groups excluding carboxylic acids is 2. The van der Waals surface area contributed by atoms with Gasteiger partial charge >= 0.3 is 0 Å². The number of hydrogen-bond donors (Lipinski definition) is 0. The number of benzene rings is 2. The fourth-order valence-corrected chi connectivity index (χ4v) is 3.83. The van der Waals surface area contributed by atoms with Crippen LogP contribution in [0.2, 0.25) is 5.02 Å². The van der Waals surface area contributed by atoms with Crippen molar-refractivity contribution in [1.29, 1.82) is 0 Å². The van der Waals surface area contributed by atoms with Gasteiger partial charge in [0.05, 0.1) is 16.3 Å². The van der Waals surface area contributed by atoms with E-state index in [9.17, 15) is 14.0 Å². The predicted molar refractivity (Wildman–Crippen MR) is 106 cm³/mol. The Kier molecular flexibility index (Phi) is 4.59. The van der Waals surface area contributed by atoms with Crippen molar-refractivity contribution < 1.29 is 14.0 Å². The van der Waals surface area contributed by atoms with Crippen LogP contribution in [0.25, 0.3) is 11.8 Å². The Morgan fingerprint density at radius 3 is 2.59 bits per heavy atom. The first-order chi connectivity index (χ1) is 13.0. The fourth-order valence-electron chi connectivity index (χ4n) is 2.82. The van der Waals surface area contributed by atoms with Crippen LogP contribution in [-0.2, 0) is 4.79 Å². The minimum absolute atomic E-state index is 0.260. The number of amides is 2. The maximum absolute atomic E-state index is 14.1. The van der Waals surface area contributed by atoms with Gasteiger partial charge in [-0.15, -0.1) is 0 Å². The van der Waals surface area contributed by atoms with Crippen LogP contribution in [0, 0.1) is 5.82 Å². The molecule has 1 aliphatic heterocycles. The van der Waals surface area contributed by atoms with Gasteiger partial charge in [-0.25, -0.2) is 9.29 Å². The summed E-state index contributed by atoms with van der Waals surface area (Å²) in [6, 6.07) is 16.4. The number of aromatic nitrogens is 1. The Bertz CT molecular complexity index is 1090. The Morgan fingerprint density at radius 1 is 1.00 bits per heavy atom. The standard InChI is InChI=1S/C20H12ClFN2O2S/c21-13-5-3-6-15(11-13)24-19(25)18(27-20(24)26)12-14-7-4-10-23(14)17-9-2-1-8-16(17)22/h1-12H/b18-12+. The summed E-state index contributed by atoms with van der Waals surface area (Å²) in [5, 5.41) is 0.0291. The molecule has 0 spiro atoms. The summed E-state index contributed by atoms with van der Waals surface area (Å²) < 4.78 is 15.7. The second kappa shape index (κ2) is 7.06. The van der Waals surface area contributed by atoms with E-state index in [1.54, 1.807) is 71.4 Å². The summed E-state index contributed by atoms with van der Waals surface area (Å²) in [5.74, 6) is -0.816. The Labute approximate surface area is 163 Å². The molecule has 0 saturated carbocycles. The van der Waals surface area contributed by atoms with Crippen LogP contribution in [0.5, 0.6) is 0 Å². The second-order valence-corrected chi connectivity index (χ2v) is 7.18. The third-order valence-corrected chi connectivity index (χ3v) is 5.14. The molecule has 0 bridgehead atoms. The minimum Gasteiger partial charge on any atom is -0.314 e. The number of rotatable bonds is 3. The molecule has 1 fully saturated rings. The van der Waals surface area contributed by atoms with Gasteiger partial charge in [0.1, 0.15) is 5.82 Å². The highest BCUT2D eigenvalue weighted by Gasteiger charge is 2.36. The smallest absolute Gasteiger partial charge is 0.298 e. The molecule has 2 aromatic carbocycles. The SMILES string of the molecule is O=C1S/C(=C/c2cccn2-c2ccccc2F)C(=O)N1c1cccc(Cl)c1. The zero-order valence-corrected chi connectivity index (χ0v) is 15.4. The van der Waals surface area contributed by atoms with Gasteiger partial charge in [-0.2, -0.15) is 0 Å². The fraction of sp³-hybridized carbons (Fsp3) is 0. The number of para-hydroxylation sites is 1. The van der Waals surface area contributed by atoms with Crippen LogP contribution in [0.3, 0.4) is 0 Å². The lowest BCUT2D eigenvalue weighted by molar-refractivity contribution is -0.113. The third-order valence-electron chi connectivity index (χ3n) is 4.03. The van der Waals surface area contributed by atoms with Crippen molar-refractivity contribution in [2.45, 2.75) is 0 Å². The Morgan fingerprint density at radius 2 is 1.81 bits per heavy atom. The number of nitrogens with zero attached hydrogens (tertiary/aromatic N) is 2. The van der Waals surface area contributed by atoms with Crippen molar-refractivity contribution in [3.63, 3.8) is 0 Å². The van der Waals surface area contributed by atoms with E-state index in [1.807, 2.05) is 0 Å². The van der Waals surface area contributed by atoms with E-state index >= 15 is 0 Å². The molecule has 0 N–H and O–H groups in total. The maximum Gasteiger partial charge on any atom is 0.298 e. The molecule has 7 heteroatoms. The summed E-state index contributed by atoms with van der Waals surface area (Å²) in [6.45, 7) is 0. The lowest BCUT2D eigenvalue weighted by Crippen LogP contribution is -2.27. The Hall–Kier alpha value is -2.83. The molecule has 4 nitrogen and oxygen atoms in total. The number of imide groups is 1. The number of anilines is 1. The van der Waals surface area contributed by atoms with E-state index in [0.29, 0.717) is 22.1 Å². The molecule has 3 aromatic rings. The van der Waals surface area contributed by atoms with Crippen LogP contribution in [-0.4, -0.2) is 15.7 Å². The summed E-state index contributed by atoms with van der Waals surface area (Å²) in [5.41, 5.74) is 1.37. The van der Waals surface area contributed by atoms with Crippen LogP contribution in [0.1, 0.15) is 5.69 Å². The summed E-state index contributed by atoms with van der Waals surface area (Å²) in [4.78, 5) is 26.5. The van der Waals surface area contributed by atoms with Crippen molar-refractivity contribution in [2.24, 2.45) is 0 Å². The average molecular weight is 399 g/mol. The lowest BCUT2D eigenvalue weighted by Gasteiger charge is -2.12. The monoisotopic (exact) mass is 398 g/mol. The van der Waals surface area contributed by atoms with Gasteiger partial charge in [0.15, 0.2) is 0 Å². The maximum atomic E-state index is 14.1. The van der Waals surface area contributed by atoms with Crippen molar-refractivity contribution in [3.8, 4) is 5.69 Å². The minimum atomic E-state index is -0.437. The molecule has 0 radical (unpaired) electrons. The molecular weight excluding hydrogens is 387 g/mol. The van der Waals surface area contributed by atoms with E-state index < -0.39 is 11.1 Å². The van der Waals surface area contributed by atoms with Gasteiger partial charge < -0.3 is 4.57 Å². The molecule has 1 aromatic heterocycles. The quantitative estimate of drug-likeness (QED) is 0.546. The number of thioether (sulfide) groups is 1. The van der Waals surface area contributed by atoms with Gasteiger partial charge in [0.2, 0.25) is 0 Å². The molecule has 0 unspecified atom stereocenters. The highest BCUT2D eigenvalue weighted by Crippen LogP contribution is 2.36. The summed E-state index contributed by atoms with van der Waals surface area (Å²) >= 11 is 6.80. The van der Waals surface area contributed by atoms with Gasteiger partial charge in [0.25, 0.3) is 11.1 Å². The van der Waals surface area contributed by atoms with Crippen LogP contribution in [0.15, 0.2) is 71.8 Å². The topological polar surface area (TPSA) is 42.3 Å². The first-order valence-corrected chi connectivity index (χ1v) is 9.20. The van der Waals surface area contributed by atoms with E-state index in [4.69, 9.17) is 11.6 Å². The van der Waals surface area contributed by atoms with Crippen molar-refractivity contribution in [1.82, 2.24) is 4.57 Å². The second-order valence-electron chi connectivity index (χ2n) is 5.75. The Balaban J connectivity index is 1.71. The molecule has 134 valence electrons. The first kappa shape index (κ1) is 17.6. The molecule has 2 amide bonds.